The zero-order valence-corrected chi connectivity index (χ0v) is 10.3. The molecule has 0 spiro atoms. The van der Waals surface area contributed by atoms with Crippen molar-refractivity contribution in [3.05, 3.63) is 17.3 Å². The molecule has 2 fully saturated rings. The maximum Gasteiger partial charge on any atom is 0.268 e. The van der Waals surface area contributed by atoms with Crippen LogP contribution < -0.4 is 0 Å². The molecular weight excluding hydrogens is 230 g/mol. The number of nitriles is 1. The Labute approximate surface area is 105 Å². The van der Waals surface area contributed by atoms with E-state index in [0.717, 1.165) is 43.9 Å². The molecule has 2 aliphatic rings. The lowest BCUT2D eigenvalue weighted by molar-refractivity contribution is -0.0311. The topological polar surface area (TPSA) is 71.9 Å². The van der Waals surface area contributed by atoms with E-state index in [9.17, 15) is 5.26 Å². The molecule has 1 saturated carbocycles. The summed E-state index contributed by atoms with van der Waals surface area (Å²) in [6.07, 6.45) is 3.12. The molecule has 1 saturated heterocycles. The van der Waals surface area contributed by atoms with Crippen molar-refractivity contribution in [2.45, 2.75) is 32.1 Å². The summed E-state index contributed by atoms with van der Waals surface area (Å²) in [4.78, 5) is 4.33. The van der Waals surface area contributed by atoms with Crippen molar-refractivity contribution in [3.8, 4) is 6.07 Å². The van der Waals surface area contributed by atoms with Gasteiger partial charge in [0.2, 0.25) is 0 Å². The summed E-state index contributed by atoms with van der Waals surface area (Å²) in [6, 6.07) is 2.19. The van der Waals surface area contributed by atoms with E-state index in [1.165, 1.54) is 0 Å². The van der Waals surface area contributed by atoms with Gasteiger partial charge in [0, 0.05) is 11.8 Å². The van der Waals surface area contributed by atoms with E-state index < -0.39 is 0 Å². The lowest BCUT2D eigenvalue weighted by Crippen LogP contribution is -2.27. The molecule has 5 heteroatoms. The average molecular weight is 245 g/mol. The van der Waals surface area contributed by atoms with Crippen LogP contribution in [0, 0.1) is 17.2 Å². The third-order valence-corrected chi connectivity index (χ3v) is 3.44. The zero-order chi connectivity index (χ0) is 12.5. The van der Waals surface area contributed by atoms with E-state index in [-0.39, 0.29) is 0 Å². The van der Waals surface area contributed by atoms with Gasteiger partial charge >= 0.3 is 0 Å². The summed E-state index contributed by atoms with van der Waals surface area (Å²) in [5.41, 5.74) is 1.54. The Kier molecular flexibility index (Phi) is 2.88. The van der Waals surface area contributed by atoms with Crippen molar-refractivity contribution in [1.29, 1.82) is 5.26 Å². The Morgan fingerprint density at radius 1 is 1.44 bits per heavy atom. The van der Waals surface area contributed by atoms with Crippen LogP contribution in [-0.2, 0) is 4.74 Å². The lowest BCUT2D eigenvalue weighted by atomic mass is 9.96. The second-order valence-corrected chi connectivity index (χ2v) is 5.11. The molecule has 0 atom stereocenters. The van der Waals surface area contributed by atoms with E-state index in [2.05, 4.69) is 16.2 Å². The summed E-state index contributed by atoms with van der Waals surface area (Å²) < 4.78 is 10.3. The van der Waals surface area contributed by atoms with Crippen LogP contribution in [0.5, 0.6) is 0 Å². The molecule has 18 heavy (non-hydrogen) atoms. The highest BCUT2D eigenvalue weighted by Gasteiger charge is 2.30. The maximum absolute atomic E-state index is 9.25. The Morgan fingerprint density at radius 2 is 2.22 bits per heavy atom. The first-order chi connectivity index (χ1) is 8.78. The molecule has 0 aromatic carbocycles. The second-order valence-electron chi connectivity index (χ2n) is 5.11. The molecule has 0 radical (unpaired) electrons. The number of hydrogen-bond acceptors (Lipinski definition) is 5. The fraction of sp³-hybridized carbons (Fsp3) is 0.615. The predicted octanol–water partition coefficient (Wildman–Crippen LogP) is 2.28. The van der Waals surface area contributed by atoms with Crippen LogP contribution in [0.15, 0.2) is 10.1 Å². The lowest BCUT2D eigenvalue weighted by Gasteiger charge is -2.26. The summed E-state index contributed by atoms with van der Waals surface area (Å²) in [7, 11) is 0. The zero-order valence-electron chi connectivity index (χ0n) is 10.3. The number of allylic oxidation sites excluding steroid dienone is 2. The van der Waals surface area contributed by atoms with Crippen LogP contribution in [-0.4, -0.2) is 23.4 Å². The smallest absolute Gasteiger partial charge is 0.268 e. The third-order valence-electron chi connectivity index (χ3n) is 3.44. The fourth-order valence-corrected chi connectivity index (χ4v) is 2.11. The first kappa shape index (κ1) is 11.4. The van der Waals surface area contributed by atoms with Gasteiger partial charge in [-0.05, 0) is 31.8 Å². The van der Waals surface area contributed by atoms with Crippen LogP contribution in [0.1, 0.15) is 43.8 Å². The molecular formula is C13H15N3O2. The van der Waals surface area contributed by atoms with Gasteiger partial charge < -0.3 is 9.26 Å². The van der Waals surface area contributed by atoms with Crippen molar-refractivity contribution in [1.82, 2.24) is 10.1 Å². The molecule has 94 valence electrons. The highest BCUT2D eigenvalue weighted by atomic mass is 16.5. The molecule has 0 unspecified atom stereocenters. The van der Waals surface area contributed by atoms with Gasteiger partial charge in [0.1, 0.15) is 11.6 Å². The average Bonchev–Trinajstić information content (AvgIpc) is 3.05. The van der Waals surface area contributed by atoms with Crippen LogP contribution >= 0.6 is 0 Å². The van der Waals surface area contributed by atoms with Gasteiger partial charge in [0.05, 0.1) is 13.2 Å². The summed E-state index contributed by atoms with van der Waals surface area (Å²) in [5.74, 6) is 2.09. The first-order valence-corrected chi connectivity index (χ1v) is 6.29. The molecule has 5 nitrogen and oxygen atoms in total. The Balaban J connectivity index is 1.80. The van der Waals surface area contributed by atoms with Gasteiger partial charge in [0.25, 0.3) is 5.89 Å². The van der Waals surface area contributed by atoms with Crippen LogP contribution in [0.3, 0.4) is 0 Å². The standard InChI is InChI=1S/C13H15N3O2/c1-8(4-9-6-17-7-9)11(5-14)13-15-12(16-18-13)10-2-3-10/h9-10H,2-4,6-7H2,1H3. The number of aromatic nitrogens is 2. The van der Waals surface area contributed by atoms with Gasteiger partial charge in [0.15, 0.2) is 5.82 Å². The third kappa shape index (κ3) is 2.16. The summed E-state index contributed by atoms with van der Waals surface area (Å²) in [5, 5.41) is 13.2. The predicted molar refractivity (Wildman–Crippen MR) is 63.4 cm³/mol. The molecule has 1 aliphatic carbocycles. The van der Waals surface area contributed by atoms with E-state index in [4.69, 9.17) is 9.26 Å². The number of ether oxygens (including phenoxy) is 1. The number of rotatable bonds is 4. The minimum absolute atomic E-state index is 0.372. The van der Waals surface area contributed by atoms with Crippen molar-refractivity contribution in [2.75, 3.05) is 13.2 Å². The maximum atomic E-state index is 9.25. The van der Waals surface area contributed by atoms with Gasteiger partial charge in [-0.15, -0.1) is 0 Å². The quantitative estimate of drug-likeness (QED) is 0.761. The Morgan fingerprint density at radius 3 is 2.78 bits per heavy atom. The minimum atomic E-state index is 0.372. The number of nitrogens with zero attached hydrogens (tertiary/aromatic N) is 3. The highest BCUT2D eigenvalue weighted by Crippen LogP contribution is 2.38. The molecule has 2 heterocycles. The number of hydrogen-bond donors (Lipinski definition) is 0. The molecule has 1 aromatic heterocycles. The van der Waals surface area contributed by atoms with Crippen molar-refractivity contribution < 1.29 is 9.26 Å². The molecule has 0 bridgehead atoms. The molecule has 0 amide bonds. The summed E-state index contributed by atoms with van der Waals surface area (Å²) >= 11 is 0. The summed E-state index contributed by atoms with van der Waals surface area (Å²) in [6.45, 7) is 3.53. The minimum Gasteiger partial charge on any atom is -0.381 e. The Hall–Kier alpha value is -1.67. The van der Waals surface area contributed by atoms with Crippen molar-refractivity contribution >= 4 is 5.57 Å². The molecule has 0 N–H and O–H groups in total. The van der Waals surface area contributed by atoms with Crippen molar-refractivity contribution in [3.63, 3.8) is 0 Å². The van der Waals surface area contributed by atoms with Gasteiger partial charge in [-0.3, -0.25) is 0 Å². The Bertz CT molecular complexity index is 519. The van der Waals surface area contributed by atoms with E-state index in [1.807, 2.05) is 6.92 Å². The van der Waals surface area contributed by atoms with E-state index >= 15 is 0 Å². The molecule has 1 aliphatic heterocycles. The largest absolute Gasteiger partial charge is 0.381 e. The fourth-order valence-electron chi connectivity index (χ4n) is 2.11. The normalized spacial score (nSPS) is 21.1. The SMILES string of the molecule is CC(CC1COC1)=C(C#N)c1nc(C2CC2)no1. The highest BCUT2D eigenvalue weighted by molar-refractivity contribution is 5.74. The van der Waals surface area contributed by atoms with Gasteiger partial charge in [-0.25, -0.2) is 0 Å². The van der Waals surface area contributed by atoms with Gasteiger partial charge in [-0.1, -0.05) is 5.16 Å². The first-order valence-electron chi connectivity index (χ1n) is 6.29. The molecule has 3 rings (SSSR count). The van der Waals surface area contributed by atoms with Crippen molar-refractivity contribution in [2.24, 2.45) is 5.92 Å². The molecule has 1 aromatic rings. The van der Waals surface area contributed by atoms with E-state index in [1.54, 1.807) is 0 Å². The van der Waals surface area contributed by atoms with Gasteiger partial charge in [-0.2, -0.15) is 10.2 Å². The monoisotopic (exact) mass is 245 g/mol. The second kappa shape index (κ2) is 4.54. The van der Waals surface area contributed by atoms with E-state index in [0.29, 0.717) is 23.3 Å². The van der Waals surface area contributed by atoms with Crippen LogP contribution in [0.2, 0.25) is 0 Å². The van der Waals surface area contributed by atoms with Crippen LogP contribution in [0.4, 0.5) is 0 Å². The van der Waals surface area contributed by atoms with Crippen LogP contribution in [0.25, 0.3) is 5.57 Å².